The van der Waals surface area contributed by atoms with E-state index in [1.165, 1.54) is 0 Å². The van der Waals surface area contributed by atoms with E-state index in [2.05, 4.69) is 20.9 Å². The zero-order chi connectivity index (χ0) is 8.97. The summed E-state index contributed by atoms with van der Waals surface area (Å²) in [5.41, 5.74) is 0.856. The van der Waals surface area contributed by atoms with E-state index in [1.807, 2.05) is 0 Å². The average Bonchev–Trinajstić information content (AvgIpc) is 2.17. The largest absolute Gasteiger partial charge is 0.315 e. The molecule has 0 spiro atoms. The lowest BCUT2D eigenvalue weighted by molar-refractivity contribution is -0.115. The molecule has 1 amide bonds. The monoisotopic (exact) mass is 228 g/mol. The predicted octanol–water partition coefficient (Wildman–Crippen LogP) is 1.44. The van der Waals surface area contributed by atoms with Gasteiger partial charge in [-0.2, -0.15) is 0 Å². The van der Waals surface area contributed by atoms with Gasteiger partial charge in [-0.3, -0.25) is 9.78 Å². The number of anilines is 1. The van der Waals surface area contributed by atoms with Gasteiger partial charge in [-0.1, -0.05) is 15.9 Å². The molecule has 1 aromatic heterocycles. The van der Waals surface area contributed by atoms with E-state index in [0.717, 1.165) is 5.69 Å². The normalized spacial score (nSPS) is 9.50. The molecule has 4 heteroatoms. The number of alkyl halides is 1. The zero-order valence-electron chi connectivity index (χ0n) is 6.70. The summed E-state index contributed by atoms with van der Waals surface area (Å²) in [5.74, 6) is 0.0289. The maximum atomic E-state index is 11.2. The van der Waals surface area contributed by atoms with Gasteiger partial charge in [0.25, 0.3) is 0 Å². The fourth-order valence-electron chi connectivity index (χ4n) is 0.801. The minimum Gasteiger partial charge on any atom is -0.315 e. The molecular formula is C8H9BrN2O. The van der Waals surface area contributed by atoms with Crippen LogP contribution in [0.15, 0.2) is 24.5 Å². The van der Waals surface area contributed by atoms with E-state index in [-0.39, 0.29) is 5.91 Å². The van der Waals surface area contributed by atoms with E-state index in [1.54, 1.807) is 36.5 Å². The van der Waals surface area contributed by atoms with Crippen molar-refractivity contribution in [1.82, 2.24) is 4.98 Å². The van der Waals surface area contributed by atoms with Crippen LogP contribution in [0.4, 0.5) is 5.69 Å². The Morgan fingerprint density at radius 2 is 2.17 bits per heavy atom. The molecule has 12 heavy (non-hydrogen) atoms. The predicted molar refractivity (Wildman–Crippen MR) is 51.4 cm³/mol. The van der Waals surface area contributed by atoms with Crippen molar-refractivity contribution < 1.29 is 4.79 Å². The Bertz CT molecular complexity index is 263. The smallest absolute Gasteiger partial charge is 0.237 e. The molecule has 0 bridgehead atoms. The van der Waals surface area contributed by atoms with Gasteiger partial charge in [0.1, 0.15) is 0 Å². The molecule has 3 nitrogen and oxygen atoms in total. The first-order chi connectivity index (χ1) is 5.75. The third-order valence-corrected chi connectivity index (χ3v) is 2.02. The van der Waals surface area contributed by atoms with Crippen molar-refractivity contribution in [3.8, 4) is 0 Å². The number of rotatable bonds is 2. The van der Waals surface area contributed by atoms with Crippen molar-refractivity contribution in [3.05, 3.63) is 24.5 Å². The van der Waals surface area contributed by atoms with Gasteiger partial charge in [0.2, 0.25) is 5.91 Å². The number of carbonyl (C=O) groups is 1. The number of pyridine rings is 1. The lowest BCUT2D eigenvalue weighted by Gasteiger charge is -2.14. The quantitative estimate of drug-likeness (QED) is 0.719. The van der Waals surface area contributed by atoms with Gasteiger partial charge >= 0.3 is 0 Å². The Labute approximate surface area is 79.5 Å². The molecule has 0 unspecified atom stereocenters. The summed E-state index contributed by atoms with van der Waals surface area (Å²) < 4.78 is 0. The first kappa shape index (κ1) is 9.19. The van der Waals surface area contributed by atoms with Gasteiger partial charge < -0.3 is 4.90 Å². The molecular weight excluding hydrogens is 220 g/mol. The fourth-order valence-corrected chi connectivity index (χ4v) is 1.18. The van der Waals surface area contributed by atoms with Crippen LogP contribution in [0, 0.1) is 0 Å². The van der Waals surface area contributed by atoms with E-state index >= 15 is 0 Å². The lowest BCUT2D eigenvalue weighted by atomic mass is 10.4. The maximum absolute atomic E-state index is 11.2. The van der Waals surface area contributed by atoms with Crippen molar-refractivity contribution >= 4 is 27.5 Å². The van der Waals surface area contributed by atoms with Gasteiger partial charge in [0, 0.05) is 25.1 Å². The minimum absolute atomic E-state index is 0.0289. The molecule has 0 aliphatic heterocycles. The van der Waals surface area contributed by atoms with E-state index in [0.29, 0.717) is 5.33 Å². The van der Waals surface area contributed by atoms with Crippen molar-refractivity contribution in [2.45, 2.75) is 0 Å². The lowest BCUT2D eigenvalue weighted by Crippen LogP contribution is -2.26. The number of carbonyl (C=O) groups excluding carboxylic acids is 1. The standard InChI is InChI=1S/C8H9BrN2O/c1-11(8(12)6-9)7-2-4-10-5-3-7/h2-5H,6H2,1H3. The highest BCUT2D eigenvalue weighted by Crippen LogP contribution is 2.09. The molecule has 0 saturated heterocycles. The number of hydrogen-bond donors (Lipinski definition) is 0. The number of halogens is 1. The van der Waals surface area contributed by atoms with Gasteiger partial charge in [-0.15, -0.1) is 0 Å². The molecule has 0 saturated carbocycles. The average molecular weight is 229 g/mol. The number of hydrogen-bond acceptors (Lipinski definition) is 2. The van der Waals surface area contributed by atoms with Crippen LogP contribution in [0.3, 0.4) is 0 Å². The van der Waals surface area contributed by atoms with Crippen LogP contribution >= 0.6 is 15.9 Å². The molecule has 0 aliphatic carbocycles. The molecule has 0 aliphatic rings. The Kier molecular flexibility index (Phi) is 3.22. The zero-order valence-corrected chi connectivity index (χ0v) is 8.28. The number of amides is 1. The minimum atomic E-state index is 0.0289. The fraction of sp³-hybridized carbons (Fsp3) is 0.250. The first-order valence-corrected chi connectivity index (χ1v) is 4.60. The Balaban J connectivity index is 2.78. The summed E-state index contributed by atoms with van der Waals surface area (Å²) in [6.07, 6.45) is 3.32. The van der Waals surface area contributed by atoms with E-state index < -0.39 is 0 Å². The van der Waals surface area contributed by atoms with Crippen LogP contribution in [-0.2, 0) is 4.79 Å². The van der Waals surface area contributed by atoms with Crippen LogP contribution in [0.5, 0.6) is 0 Å². The topological polar surface area (TPSA) is 33.2 Å². The maximum Gasteiger partial charge on any atom is 0.237 e. The number of nitrogens with zero attached hydrogens (tertiary/aromatic N) is 2. The summed E-state index contributed by atoms with van der Waals surface area (Å²) >= 11 is 3.11. The molecule has 0 fully saturated rings. The second-order valence-corrected chi connectivity index (χ2v) is 2.85. The molecule has 1 aromatic rings. The Hall–Kier alpha value is -0.900. The highest BCUT2D eigenvalue weighted by Gasteiger charge is 2.07. The van der Waals surface area contributed by atoms with Crippen molar-refractivity contribution in [2.24, 2.45) is 0 Å². The highest BCUT2D eigenvalue weighted by molar-refractivity contribution is 9.09. The molecule has 0 aromatic carbocycles. The van der Waals surface area contributed by atoms with Crippen molar-refractivity contribution in [2.75, 3.05) is 17.3 Å². The third-order valence-electron chi connectivity index (χ3n) is 1.54. The van der Waals surface area contributed by atoms with Crippen molar-refractivity contribution in [1.29, 1.82) is 0 Å². The second kappa shape index (κ2) is 4.21. The summed E-state index contributed by atoms with van der Waals surface area (Å²) in [5, 5.41) is 0.339. The molecule has 0 N–H and O–H groups in total. The summed E-state index contributed by atoms with van der Waals surface area (Å²) in [4.78, 5) is 16.6. The van der Waals surface area contributed by atoms with Crippen LogP contribution < -0.4 is 4.90 Å². The van der Waals surface area contributed by atoms with Crippen LogP contribution in [-0.4, -0.2) is 23.3 Å². The van der Waals surface area contributed by atoms with Gasteiger partial charge in [0.05, 0.1) is 5.33 Å². The third kappa shape index (κ3) is 2.04. The first-order valence-electron chi connectivity index (χ1n) is 3.48. The molecule has 0 radical (unpaired) electrons. The van der Waals surface area contributed by atoms with Gasteiger partial charge in [-0.25, -0.2) is 0 Å². The van der Waals surface area contributed by atoms with Gasteiger partial charge in [0.15, 0.2) is 0 Å². The van der Waals surface area contributed by atoms with Crippen LogP contribution in [0.25, 0.3) is 0 Å². The van der Waals surface area contributed by atoms with Gasteiger partial charge in [-0.05, 0) is 12.1 Å². The Morgan fingerprint density at radius 3 is 2.67 bits per heavy atom. The molecule has 1 rings (SSSR count). The number of aromatic nitrogens is 1. The summed E-state index contributed by atoms with van der Waals surface area (Å²) in [7, 11) is 1.74. The second-order valence-electron chi connectivity index (χ2n) is 2.29. The summed E-state index contributed by atoms with van der Waals surface area (Å²) in [6.45, 7) is 0. The molecule has 1 heterocycles. The van der Waals surface area contributed by atoms with Crippen molar-refractivity contribution in [3.63, 3.8) is 0 Å². The Morgan fingerprint density at radius 1 is 1.58 bits per heavy atom. The van der Waals surface area contributed by atoms with Crippen LogP contribution in [0.2, 0.25) is 0 Å². The van der Waals surface area contributed by atoms with E-state index in [4.69, 9.17) is 0 Å². The molecule has 64 valence electrons. The SMILES string of the molecule is CN(C(=O)CBr)c1ccncc1. The van der Waals surface area contributed by atoms with E-state index in [9.17, 15) is 4.79 Å². The van der Waals surface area contributed by atoms with Crippen LogP contribution in [0.1, 0.15) is 0 Å². The highest BCUT2D eigenvalue weighted by atomic mass is 79.9. The molecule has 0 atom stereocenters. The summed E-state index contributed by atoms with van der Waals surface area (Å²) in [6, 6.07) is 3.58.